The maximum atomic E-state index is 6.25. The lowest BCUT2D eigenvalue weighted by Gasteiger charge is -2.23. The third kappa shape index (κ3) is 6.75. The van der Waals surface area contributed by atoms with Gasteiger partial charge in [-0.15, -0.1) is 0 Å². The molecule has 10 heteroatoms. The third-order valence-electron chi connectivity index (χ3n) is 5.40. The molecule has 0 saturated heterocycles. The van der Waals surface area contributed by atoms with Gasteiger partial charge in [0.05, 0.1) is 12.4 Å². The Morgan fingerprint density at radius 3 is 1.38 bits per heavy atom. The summed E-state index contributed by atoms with van der Waals surface area (Å²) in [5.74, 6) is 0.763. The summed E-state index contributed by atoms with van der Waals surface area (Å²) in [5, 5.41) is 9.73. The van der Waals surface area contributed by atoms with Gasteiger partial charge in [-0.1, -0.05) is 96.0 Å². The summed E-state index contributed by atoms with van der Waals surface area (Å²) < 4.78 is 0. The van der Waals surface area contributed by atoms with E-state index in [2.05, 4.69) is 36.0 Å². The molecule has 0 aliphatic carbocycles. The molecule has 5 rings (SSSR count). The van der Waals surface area contributed by atoms with Crippen molar-refractivity contribution in [3.05, 3.63) is 130 Å². The second kappa shape index (κ2) is 12.6. The van der Waals surface area contributed by atoms with Gasteiger partial charge in [0.25, 0.3) is 0 Å². The Balaban J connectivity index is 1.51. The van der Waals surface area contributed by atoms with Crippen molar-refractivity contribution < 1.29 is 0 Å². The van der Waals surface area contributed by atoms with E-state index in [1.54, 1.807) is 24.6 Å². The first kappa shape index (κ1) is 25.8. The molecule has 1 heterocycles. The van der Waals surface area contributed by atoms with Crippen LogP contribution in [0.15, 0.2) is 119 Å². The maximum absolute atomic E-state index is 6.25. The first-order valence-electron chi connectivity index (χ1n) is 11.9. The zero-order valence-electron chi connectivity index (χ0n) is 20.5. The molecule has 0 aliphatic rings. The highest BCUT2D eigenvalue weighted by molar-refractivity contribution is 6.33. The van der Waals surface area contributed by atoms with Gasteiger partial charge in [-0.05, 0) is 36.4 Å². The zero-order chi connectivity index (χ0) is 26.9. The summed E-state index contributed by atoms with van der Waals surface area (Å²) in [6.07, 6.45) is 3.20. The highest BCUT2D eigenvalue weighted by atomic mass is 35.5. The summed E-state index contributed by atoms with van der Waals surface area (Å²) in [7, 11) is 0. The van der Waals surface area contributed by atoms with Gasteiger partial charge in [-0.2, -0.15) is 25.2 Å². The van der Waals surface area contributed by atoms with Gasteiger partial charge >= 0.3 is 0 Å². The lowest BCUT2D eigenvalue weighted by atomic mass is 10.2. The molecule has 0 saturated carbocycles. The number of nitrogens with zero attached hydrogens (tertiary/aromatic N) is 6. The third-order valence-corrected chi connectivity index (χ3v) is 6.09. The smallest absolute Gasteiger partial charge is 0.250 e. The minimum Gasteiger partial charge on any atom is -0.279 e. The number of nitrogens with one attached hydrogen (secondary N) is 2. The van der Waals surface area contributed by atoms with Crippen LogP contribution < -0.4 is 15.8 Å². The fraction of sp³-hybridized carbons (Fsp3) is 0. The van der Waals surface area contributed by atoms with Gasteiger partial charge in [0, 0.05) is 32.5 Å². The van der Waals surface area contributed by atoms with Crippen molar-refractivity contribution in [2.24, 2.45) is 10.2 Å². The van der Waals surface area contributed by atoms with Crippen molar-refractivity contribution in [2.45, 2.75) is 0 Å². The molecule has 0 aliphatic heterocycles. The molecule has 0 spiro atoms. The van der Waals surface area contributed by atoms with Crippen LogP contribution >= 0.6 is 23.2 Å². The highest BCUT2D eigenvalue weighted by Crippen LogP contribution is 2.32. The molecule has 5 aromatic rings. The van der Waals surface area contributed by atoms with Crippen LogP contribution in [0.5, 0.6) is 0 Å². The number of rotatable bonds is 9. The molecule has 39 heavy (non-hydrogen) atoms. The number of halogens is 2. The summed E-state index contributed by atoms with van der Waals surface area (Å²) >= 11 is 12.5. The lowest BCUT2D eigenvalue weighted by Crippen LogP contribution is -2.16. The van der Waals surface area contributed by atoms with Crippen molar-refractivity contribution in [1.29, 1.82) is 0 Å². The van der Waals surface area contributed by atoms with Crippen LogP contribution in [0.1, 0.15) is 11.1 Å². The van der Waals surface area contributed by atoms with E-state index in [0.717, 1.165) is 22.5 Å². The van der Waals surface area contributed by atoms with E-state index in [9.17, 15) is 0 Å². The van der Waals surface area contributed by atoms with E-state index >= 15 is 0 Å². The second-order valence-corrected chi connectivity index (χ2v) is 8.89. The van der Waals surface area contributed by atoms with Gasteiger partial charge in [-0.3, -0.25) is 4.90 Å². The number of anilines is 5. The largest absolute Gasteiger partial charge is 0.279 e. The van der Waals surface area contributed by atoms with Crippen LogP contribution in [0.4, 0.5) is 29.2 Å². The molecular weight excluding hydrogens is 531 g/mol. The van der Waals surface area contributed by atoms with Crippen LogP contribution in [-0.4, -0.2) is 27.4 Å². The number of hydrogen-bond acceptors (Lipinski definition) is 8. The molecule has 8 nitrogen and oxygen atoms in total. The number of hydrogen-bond donors (Lipinski definition) is 2. The topological polar surface area (TPSA) is 90.7 Å². The maximum Gasteiger partial charge on any atom is 0.250 e. The number of aromatic nitrogens is 3. The van der Waals surface area contributed by atoms with Crippen LogP contribution in [0.3, 0.4) is 0 Å². The summed E-state index contributed by atoms with van der Waals surface area (Å²) in [5.41, 5.74) is 9.00. The Morgan fingerprint density at radius 2 is 0.949 bits per heavy atom. The molecule has 0 amide bonds. The number of benzene rings is 4. The molecule has 4 aromatic carbocycles. The normalized spacial score (nSPS) is 11.1. The Labute approximate surface area is 235 Å². The van der Waals surface area contributed by atoms with Crippen molar-refractivity contribution in [3.8, 4) is 0 Å². The van der Waals surface area contributed by atoms with Crippen molar-refractivity contribution >= 4 is 64.9 Å². The fourth-order valence-corrected chi connectivity index (χ4v) is 3.95. The van der Waals surface area contributed by atoms with Gasteiger partial charge in [-0.25, -0.2) is 10.9 Å². The molecule has 192 valence electrons. The van der Waals surface area contributed by atoms with E-state index in [-0.39, 0.29) is 11.9 Å². The van der Waals surface area contributed by atoms with Crippen molar-refractivity contribution in [3.63, 3.8) is 0 Å². The van der Waals surface area contributed by atoms with Gasteiger partial charge in [0.2, 0.25) is 17.8 Å². The molecule has 0 atom stereocenters. The van der Waals surface area contributed by atoms with E-state index in [1.165, 1.54) is 0 Å². The average Bonchev–Trinajstić information content (AvgIpc) is 2.96. The van der Waals surface area contributed by atoms with E-state index in [0.29, 0.717) is 16.0 Å². The molecule has 0 bridgehead atoms. The van der Waals surface area contributed by atoms with Crippen molar-refractivity contribution in [1.82, 2.24) is 15.0 Å². The average molecular weight is 553 g/mol. The minimum absolute atomic E-state index is 0.204. The van der Waals surface area contributed by atoms with Crippen LogP contribution in [-0.2, 0) is 0 Å². The van der Waals surface area contributed by atoms with Crippen LogP contribution in [0.25, 0.3) is 0 Å². The van der Waals surface area contributed by atoms with E-state index < -0.39 is 0 Å². The van der Waals surface area contributed by atoms with Gasteiger partial charge in [0.1, 0.15) is 0 Å². The van der Waals surface area contributed by atoms with Crippen molar-refractivity contribution in [2.75, 3.05) is 15.8 Å². The standard InChI is InChI=1S/C29H22Cl2N8/c30-25-17-9-7-11-21(25)19-32-37-27-34-28(38-33-20-22-12-8-10-18-26(22)31)36-29(35-27)39(23-13-3-1-4-14-23)24-15-5-2-6-16-24/h1-20H,(H2,34,35,36,37,38)/b32-19-,33-20+. The van der Waals surface area contributed by atoms with Gasteiger partial charge in [0.15, 0.2) is 0 Å². The van der Waals surface area contributed by atoms with E-state index in [4.69, 9.17) is 23.2 Å². The predicted molar refractivity (Wildman–Crippen MR) is 160 cm³/mol. The predicted octanol–water partition coefficient (Wildman–Crippen LogP) is 7.54. The van der Waals surface area contributed by atoms with Crippen LogP contribution in [0, 0.1) is 0 Å². The summed E-state index contributed by atoms with van der Waals surface area (Å²) in [4.78, 5) is 15.7. The summed E-state index contributed by atoms with van der Waals surface area (Å²) in [6.45, 7) is 0. The highest BCUT2D eigenvalue weighted by Gasteiger charge is 2.17. The SMILES string of the molecule is Clc1ccccc1/C=N\Nc1nc(N/N=C/c2ccccc2Cl)nc(N(c2ccccc2)c2ccccc2)n1. The molecule has 0 fully saturated rings. The lowest BCUT2D eigenvalue weighted by molar-refractivity contribution is 0.991. The Morgan fingerprint density at radius 1 is 0.538 bits per heavy atom. The first-order valence-corrected chi connectivity index (χ1v) is 12.7. The monoisotopic (exact) mass is 552 g/mol. The second-order valence-electron chi connectivity index (χ2n) is 8.07. The van der Waals surface area contributed by atoms with Gasteiger partial charge < -0.3 is 0 Å². The van der Waals surface area contributed by atoms with Crippen LogP contribution in [0.2, 0.25) is 10.0 Å². The number of hydrazone groups is 2. The number of para-hydroxylation sites is 2. The Hall–Kier alpha value is -4.79. The van der Waals surface area contributed by atoms with E-state index in [1.807, 2.05) is 102 Å². The Bertz CT molecular complexity index is 1480. The zero-order valence-corrected chi connectivity index (χ0v) is 22.0. The quantitative estimate of drug-likeness (QED) is 0.145. The molecular formula is C29H22Cl2N8. The molecule has 2 N–H and O–H groups in total. The fourth-order valence-electron chi connectivity index (χ4n) is 3.58. The first-order chi connectivity index (χ1) is 19.2. The summed E-state index contributed by atoms with van der Waals surface area (Å²) in [6, 6.07) is 34.4. The molecule has 0 radical (unpaired) electrons. The molecule has 0 unspecified atom stereocenters. The Kier molecular flexibility index (Phi) is 8.38. The molecule has 1 aromatic heterocycles. The minimum atomic E-state index is 0.204.